The molecule has 1 aliphatic rings. The maximum absolute atomic E-state index is 10.2. The Balaban J connectivity index is 2.02. The summed E-state index contributed by atoms with van der Waals surface area (Å²) in [7, 11) is 0. The molecule has 0 fully saturated rings. The first-order valence-electron chi connectivity index (χ1n) is 6.35. The van der Waals surface area contributed by atoms with Crippen molar-refractivity contribution in [3.8, 4) is 23.0 Å². The summed E-state index contributed by atoms with van der Waals surface area (Å²) in [5.74, 6) is -0.405. The largest absolute Gasteiger partial charge is 0.508 e. The van der Waals surface area contributed by atoms with Crippen LogP contribution in [0.3, 0.4) is 0 Å². The Morgan fingerprint density at radius 1 is 0.857 bits per heavy atom. The van der Waals surface area contributed by atoms with Gasteiger partial charge in [-0.3, -0.25) is 0 Å². The Morgan fingerprint density at radius 3 is 2.33 bits per heavy atom. The second-order valence-corrected chi connectivity index (χ2v) is 4.94. The number of aromatic hydroxyl groups is 3. The fourth-order valence-electron chi connectivity index (χ4n) is 2.41. The normalized spacial score (nSPS) is 24.2. The molecule has 6 nitrogen and oxygen atoms in total. The lowest BCUT2D eigenvalue weighted by Gasteiger charge is -2.34. The van der Waals surface area contributed by atoms with Gasteiger partial charge in [0.1, 0.15) is 23.7 Å². The van der Waals surface area contributed by atoms with E-state index in [1.165, 1.54) is 36.4 Å². The van der Waals surface area contributed by atoms with Crippen LogP contribution in [-0.4, -0.2) is 31.6 Å². The lowest BCUT2D eigenvalue weighted by molar-refractivity contribution is -0.0701. The molecule has 21 heavy (non-hydrogen) atoms. The van der Waals surface area contributed by atoms with Crippen molar-refractivity contribution in [1.29, 1.82) is 0 Å². The number of fused-ring (bicyclic) bond motifs is 1. The molecule has 0 unspecified atom stereocenters. The average Bonchev–Trinajstić information content (AvgIpc) is 2.45. The molecular formula is C15H14O6. The number of phenols is 3. The van der Waals surface area contributed by atoms with Crippen LogP contribution in [0.15, 0.2) is 36.4 Å². The molecule has 5 N–H and O–H groups in total. The minimum atomic E-state index is -1.24. The Labute approximate surface area is 120 Å². The summed E-state index contributed by atoms with van der Waals surface area (Å²) in [4.78, 5) is 0. The van der Waals surface area contributed by atoms with Crippen LogP contribution in [0.2, 0.25) is 0 Å². The van der Waals surface area contributed by atoms with E-state index in [0.717, 1.165) is 0 Å². The molecule has 0 spiro atoms. The van der Waals surface area contributed by atoms with Gasteiger partial charge in [0, 0.05) is 11.6 Å². The highest BCUT2D eigenvalue weighted by Crippen LogP contribution is 2.43. The van der Waals surface area contributed by atoms with Crippen LogP contribution in [-0.2, 0) is 0 Å². The quantitative estimate of drug-likeness (QED) is 0.507. The van der Waals surface area contributed by atoms with Crippen molar-refractivity contribution in [1.82, 2.24) is 0 Å². The van der Waals surface area contributed by atoms with Crippen LogP contribution in [0.4, 0.5) is 0 Å². The van der Waals surface area contributed by atoms with E-state index in [0.29, 0.717) is 11.1 Å². The first kappa shape index (κ1) is 13.5. The molecule has 0 aromatic heterocycles. The van der Waals surface area contributed by atoms with Crippen LogP contribution in [0.5, 0.6) is 23.0 Å². The molecule has 2 aromatic carbocycles. The molecule has 6 heteroatoms. The SMILES string of the molecule is Oc1ccc2c(c1)O[C@H](c1ccc(O)c(O)c1)[C@H](O)[C@H]2O. The minimum Gasteiger partial charge on any atom is -0.508 e. The van der Waals surface area contributed by atoms with Gasteiger partial charge in [-0.05, 0) is 29.8 Å². The Bertz CT molecular complexity index is 684. The summed E-state index contributed by atoms with van der Waals surface area (Å²) in [6.07, 6.45) is -3.36. The molecule has 3 atom stereocenters. The number of rotatable bonds is 1. The predicted octanol–water partition coefficient (Wildman–Crippen LogP) is 1.33. The lowest BCUT2D eigenvalue weighted by Crippen LogP contribution is -2.34. The maximum Gasteiger partial charge on any atom is 0.157 e. The number of hydrogen-bond donors (Lipinski definition) is 5. The van der Waals surface area contributed by atoms with Gasteiger partial charge in [0.2, 0.25) is 0 Å². The molecule has 3 rings (SSSR count). The fourth-order valence-corrected chi connectivity index (χ4v) is 2.41. The molecule has 0 bridgehead atoms. The third-order valence-electron chi connectivity index (χ3n) is 3.53. The van der Waals surface area contributed by atoms with Crippen molar-refractivity contribution in [3.05, 3.63) is 47.5 Å². The number of benzene rings is 2. The smallest absolute Gasteiger partial charge is 0.157 e. The van der Waals surface area contributed by atoms with Crippen LogP contribution < -0.4 is 4.74 Å². The van der Waals surface area contributed by atoms with Gasteiger partial charge in [0.05, 0.1) is 0 Å². The summed E-state index contributed by atoms with van der Waals surface area (Å²) in [6, 6.07) is 8.21. The summed E-state index contributed by atoms with van der Waals surface area (Å²) < 4.78 is 5.61. The van der Waals surface area contributed by atoms with Crippen LogP contribution in [0, 0.1) is 0 Å². The van der Waals surface area contributed by atoms with Gasteiger partial charge >= 0.3 is 0 Å². The van der Waals surface area contributed by atoms with Gasteiger partial charge in [-0.15, -0.1) is 0 Å². The van der Waals surface area contributed by atoms with Crippen molar-refractivity contribution in [3.63, 3.8) is 0 Å². The molecule has 110 valence electrons. The third-order valence-corrected chi connectivity index (χ3v) is 3.53. The molecule has 1 aliphatic heterocycles. The van der Waals surface area contributed by atoms with Crippen LogP contribution >= 0.6 is 0 Å². The van der Waals surface area contributed by atoms with Crippen molar-refractivity contribution < 1.29 is 30.3 Å². The summed E-state index contributed by atoms with van der Waals surface area (Å²) in [5, 5.41) is 48.7. The monoisotopic (exact) mass is 290 g/mol. The van der Waals surface area contributed by atoms with E-state index in [9.17, 15) is 25.5 Å². The average molecular weight is 290 g/mol. The Kier molecular flexibility index (Phi) is 3.12. The number of aliphatic hydroxyl groups is 2. The lowest BCUT2D eigenvalue weighted by atomic mass is 9.92. The van der Waals surface area contributed by atoms with Gasteiger partial charge in [-0.1, -0.05) is 6.07 Å². The van der Waals surface area contributed by atoms with E-state index < -0.39 is 18.3 Å². The van der Waals surface area contributed by atoms with Gasteiger partial charge in [-0.25, -0.2) is 0 Å². The zero-order chi connectivity index (χ0) is 15.1. The second-order valence-electron chi connectivity index (χ2n) is 4.94. The minimum absolute atomic E-state index is 0.0235. The standard InChI is InChI=1S/C15H14O6/c16-8-2-3-9-12(6-8)21-15(14(20)13(9)19)7-1-4-10(17)11(18)5-7/h1-6,13-20H/t13-,14+,15+/m0/s1. The predicted molar refractivity (Wildman–Crippen MR) is 72.2 cm³/mol. The van der Waals surface area contributed by atoms with E-state index in [1.807, 2.05) is 0 Å². The van der Waals surface area contributed by atoms with E-state index in [4.69, 9.17) is 4.74 Å². The van der Waals surface area contributed by atoms with E-state index in [2.05, 4.69) is 0 Å². The van der Waals surface area contributed by atoms with Gasteiger partial charge in [0.25, 0.3) is 0 Å². The molecular weight excluding hydrogens is 276 g/mol. The summed E-state index contributed by atoms with van der Waals surface area (Å²) >= 11 is 0. The highest BCUT2D eigenvalue weighted by molar-refractivity contribution is 5.46. The van der Waals surface area contributed by atoms with Gasteiger partial charge in [-0.2, -0.15) is 0 Å². The first-order valence-corrected chi connectivity index (χ1v) is 6.35. The van der Waals surface area contributed by atoms with Crippen molar-refractivity contribution >= 4 is 0 Å². The van der Waals surface area contributed by atoms with E-state index in [-0.39, 0.29) is 23.0 Å². The fraction of sp³-hybridized carbons (Fsp3) is 0.200. The molecule has 0 saturated heterocycles. The number of phenolic OH excluding ortho intramolecular Hbond substituents is 3. The molecule has 0 saturated carbocycles. The van der Waals surface area contributed by atoms with Crippen LogP contribution in [0.25, 0.3) is 0 Å². The first-order chi connectivity index (χ1) is 9.97. The summed E-state index contributed by atoms with van der Waals surface area (Å²) in [6.45, 7) is 0. The number of ether oxygens (including phenoxy) is 1. The molecule has 2 aromatic rings. The Morgan fingerprint density at radius 2 is 1.62 bits per heavy atom. The molecule has 0 aliphatic carbocycles. The zero-order valence-corrected chi connectivity index (χ0v) is 10.8. The van der Waals surface area contributed by atoms with E-state index in [1.54, 1.807) is 0 Å². The molecule has 1 heterocycles. The molecule has 0 radical (unpaired) electrons. The second kappa shape index (κ2) is 4.83. The van der Waals surface area contributed by atoms with E-state index >= 15 is 0 Å². The van der Waals surface area contributed by atoms with Crippen molar-refractivity contribution in [2.24, 2.45) is 0 Å². The summed E-state index contributed by atoms with van der Waals surface area (Å²) in [5.41, 5.74) is 0.769. The highest BCUT2D eigenvalue weighted by atomic mass is 16.5. The van der Waals surface area contributed by atoms with Crippen LogP contribution in [0.1, 0.15) is 23.3 Å². The van der Waals surface area contributed by atoms with Crippen molar-refractivity contribution in [2.45, 2.75) is 18.3 Å². The van der Waals surface area contributed by atoms with Crippen molar-refractivity contribution in [2.75, 3.05) is 0 Å². The molecule has 0 amide bonds. The van der Waals surface area contributed by atoms with Gasteiger partial charge < -0.3 is 30.3 Å². The Hall–Kier alpha value is -2.44. The zero-order valence-electron chi connectivity index (χ0n) is 10.8. The van der Waals surface area contributed by atoms with Gasteiger partial charge in [0.15, 0.2) is 17.6 Å². The number of hydrogen-bond acceptors (Lipinski definition) is 6. The highest BCUT2D eigenvalue weighted by Gasteiger charge is 2.37. The topological polar surface area (TPSA) is 110 Å². The number of aliphatic hydroxyl groups excluding tert-OH is 2. The third kappa shape index (κ3) is 2.24. The maximum atomic E-state index is 10.2.